The summed E-state index contributed by atoms with van der Waals surface area (Å²) in [5.74, 6) is 0.946. The van der Waals surface area contributed by atoms with Crippen LogP contribution in [0.1, 0.15) is 22.4 Å². The number of nitrogens with two attached hydrogens (primary N) is 1. The summed E-state index contributed by atoms with van der Waals surface area (Å²) < 4.78 is 18.6. The number of benzene rings is 2. The van der Waals surface area contributed by atoms with Gasteiger partial charge in [-0.15, -0.1) is 0 Å². The number of thioether (sulfide) groups is 1. The highest BCUT2D eigenvalue weighted by molar-refractivity contribution is 7.98. The third-order valence-corrected chi connectivity index (χ3v) is 4.81. The molecule has 27 heavy (non-hydrogen) atoms. The topological polar surface area (TPSA) is 84.8 Å². The Kier molecular flexibility index (Phi) is 5.89. The van der Waals surface area contributed by atoms with E-state index in [-0.39, 0.29) is 23.8 Å². The molecule has 0 aliphatic heterocycles. The first-order valence-electron chi connectivity index (χ1n) is 8.19. The average Bonchev–Trinajstić information content (AvgIpc) is 2.67. The van der Waals surface area contributed by atoms with Crippen molar-refractivity contribution in [2.75, 3.05) is 5.73 Å². The monoisotopic (exact) mass is 380 g/mol. The van der Waals surface area contributed by atoms with E-state index in [1.807, 2.05) is 37.3 Å². The molecule has 0 aliphatic rings. The molecule has 136 valence electrons. The number of nitrogens with zero attached hydrogens (tertiary/aromatic N) is 3. The molecular weight excluding hydrogens is 363 g/mol. The predicted molar refractivity (Wildman–Crippen MR) is 103 cm³/mol. The first-order valence-corrected chi connectivity index (χ1v) is 9.17. The summed E-state index contributed by atoms with van der Waals surface area (Å²) in [6, 6.07) is 15.7. The van der Waals surface area contributed by atoms with Crippen molar-refractivity contribution in [1.82, 2.24) is 9.97 Å². The number of halogens is 1. The number of anilines is 1. The van der Waals surface area contributed by atoms with Gasteiger partial charge in [-0.1, -0.05) is 36.0 Å². The highest BCUT2D eigenvalue weighted by Gasteiger charge is 2.14. The van der Waals surface area contributed by atoms with E-state index >= 15 is 0 Å². The van der Waals surface area contributed by atoms with Crippen LogP contribution in [0.25, 0.3) is 0 Å². The predicted octanol–water partition coefficient (Wildman–Crippen LogP) is 4.25. The van der Waals surface area contributed by atoms with Crippen molar-refractivity contribution in [2.24, 2.45) is 0 Å². The fourth-order valence-electron chi connectivity index (χ4n) is 2.39. The molecule has 0 aliphatic carbocycles. The van der Waals surface area contributed by atoms with Crippen molar-refractivity contribution in [2.45, 2.75) is 24.4 Å². The molecular formula is C20H17FN4OS. The fourth-order valence-corrected chi connectivity index (χ4v) is 3.34. The largest absolute Gasteiger partial charge is 0.487 e. The Hall–Kier alpha value is -3.11. The van der Waals surface area contributed by atoms with Crippen molar-refractivity contribution in [3.63, 3.8) is 0 Å². The summed E-state index contributed by atoms with van der Waals surface area (Å²) in [7, 11) is 0. The van der Waals surface area contributed by atoms with E-state index in [9.17, 15) is 9.65 Å². The molecule has 0 radical (unpaired) electrons. The van der Waals surface area contributed by atoms with E-state index in [4.69, 9.17) is 10.5 Å². The maximum absolute atomic E-state index is 13.0. The molecule has 0 saturated carbocycles. The van der Waals surface area contributed by atoms with Crippen LogP contribution in [-0.2, 0) is 12.4 Å². The molecule has 0 atom stereocenters. The maximum atomic E-state index is 13.0. The average molecular weight is 380 g/mol. The van der Waals surface area contributed by atoms with Crippen LogP contribution in [0.3, 0.4) is 0 Å². The van der Waals surface area contributed by atoms with E-state index in [0.717, 1.165) is 0 Å². The first kappa shape index (κ1) is 18.7. The number of hydrogen-bond donors (Lipinski definition) is 1. The molecule has 7 heteroatoms. The Labute approximate surface area is 161 Å². The molecule has 2 N–H and O–H groups in total. The molecule has 0 spiro atoms. The van der Waals surface area contributed by atoms with Gasteiger partial charge in [0.05, 0.1) is 0 Å². The number of aromatic nitrogens is 2. The summed E-state index contributed by atoms with van der Waals surface area (Å²) in [4.78, 5) is 8.65. The van der Waals surface area contributed by atoms with Crippen molar-refractivity contribution >= 4 is 17.6 Å². The molecule has 3 rings (SSSR count). The van der Waals surface area contributed by atoms with E-state index in [1.165, 1.54) is 47.2 Å². The normalized spacial score (nSPS) is 10.4. The van der Waals surface area contributed by atoms with Crippen molar-refractivity contribution < 1.29 is 9.13 Å². The molecule has 2 aromatic carbocycles. The van der Waals surface area contributed by atoms with Gasteiger partial charge >= 0.3 is 0 Å². The van der Waals surface area contributed by atoms with E-state index in [2.05, 4.69) is 9.97 Å². The van der Waals surface area contributed by atoms with Gasteiger partial charge in [-0.2, -0.15) is 5.26 Å². The molecule has 0 fully saturated rings. The van der Waals surface area contributed by atoms with Crippen LogP contribution < -0.4 is 10.5 Å². The second-order valence-electron chi connectivity index (χ2n) is 5.78. The van der Waals surface area contributed by atoms with E-state index < -0.39 is 0 Å². The molecule has 0 saturated heterocycles. The summed E-state index contributed by atoms with van der Waals surface area (Å²) in [6.07, 6.45) is 0. The third-order valence-electron chi connectivity index (χ3n) is 3.91. The SMILES string of the molecule is Cc1ccccc1CSc1nc(N)c(C#N)c(COc2ccc(F)cc2)n1. The zero-order chi connectivity index (χ0) is 19.2. The van der Waals surface area contributed by atoms with Gasteiger partial charge in [-0.05, 0) is 42.3 Å². The van der Waals surface area contributed by atoms with Crippen LogP contribution in [-0.4, -0.2) is 9.97 Å². The van der Waals surface area contributed by atoms with E-state index in [0.29, 0.717) is 22.4 Å². The molecule has 0 unspecified atom stereocenters. The Morgan fingerprint density at radius 3 is 2.59 bits per heavy atom. The lowest BCUT2D eigenvalue weighted by Gasteiger charge is -2.10. The highest BCUT2D eigenvalue weighted by atomic mass is 32.2. The van der Waals surface area contributed by atoms with Gasteiger partial charge in [-0.25, -0.2) is 14.4 Å². The second-order valence-corrected chi connectivity index (χ2v) is 6.73. The van der Waals surface area contributed by atoms with Crippen LogP contribution in [0.4, 0.5) is 10.2 Å². The number of hydrogen-bond acceptors (Lipinski definition) is 6. The maximum Gasteiger partial charge on any atom is 0.190 e. The lowest BCUT2D eigenvalue weighted by molar-refractivity contribution is 0.299. The van der Waals surface area contributed by atoms with Crippen molar-refractivity contribution in [3.05, 3.63) is 76.7 Å². The lowest BCUT2D eigenvalue weighted by atomic mass is 10.1. The second kappa shape index (κ2) is 8.52. The van der Waals surface area contributed by atoms with Crippen LogP contribution in [0.15, 0.2) is 53.7 Å². The van der Waals surface area contributed by atoms with Crippen LogP contribution in [0, 0.1) is 24.1 Å². The third kappa shape index (κ3) is 4.74. The lowest BCUT2D eigenvalue weighted by Crippen LogP contribution is -2.08. The molecule has 0 amide bonds. The highest BCUT2D eigenvalue weighted by Crippen LogP contribution is 2.25. The number of rotatable bonds is 6. The Morgan fingerprint density at radius 1 is 1.15 bits per heavy atom. The molecule has 1 aromatic heterocycles. The minimum Gasteiger partial charge on any atom is -0.487 e. The smallest absolute Gasteiger partial charge is 0.190 e. The van der Waals surface area contributed by atoms with Gasteiger partial charge in [0.1, 0.15) is 41.3 Å². The number of nitrogen functional groups attached to an aromatic ring is 1. The standard InChI is InChI=1S/C20H17FN4OS/c1-13-4-2-3-5-14(13)12-27-20-24-18(17(10-22)19(23)25-20)11-26-16-8-6-15(21)7-9-16/h2-9H,11-12H2,1H3,(H2,23,24,25). The number of nitriles is 1. The molecule has 5 nitrogen and oxygen atoms in total. The summed E-state index contributed by atoms with van der Waals surface area (Å²) in [6.45, 7) is 2.09. The zero-order valence-electron chi connectivity index (χ0n) is 14.6. The zero-order valence-corrected chi connectivity index (χ0v) is 15.5. The molecule has 1 heterocycles. The van der Waals surface area contributed by atoms with Crippen LogP contribution in [0.2, 0.25) is 0 Å². The van der Waals surface area contributed by atoms with Gasteiger partial charge < -0.3 is 10.5 Å². The van der Waals surface area contributed by atoms with Crippen molar-refractivity contribution in [1.29, 1.82) is 5.26 Å². The minimum atomic E-state index is -0.346. The number of ether oxygens (including phenoxy) is 1. The first-order chi connectivity index (χ1) is 13.1. The Morgan fingerprint density at radius 2 is 1.89 bits per heavy atom. The minimum absolute atomic E-state index is 0.0408. The summed E-state index contributed by atoms with van der Waals surface area (Å²) in [5, 5.41) is 9.83. The van der Waals surface area contributed by atoms with Crippen LogP contribution in [0.5, 0.6) is 5.75 Å². The Balaban J connectivity index is 1.77. The van der Waals surface area contributed by atoms with Gasteiger partial charge in [0, 0.05) is 5.75 Å². The molecule has 0 bridgehead atoms. The van der Waals surface area contributed by atoms with Crippen molar-refractivity contribution in [3.8, 4) is 11.8 Å². The van der Waals surface area contributed by atoms with Gasteiger partial charge in [-0.3, -0.25) is 0 Å². The van der Waals surface area contributed by atoms with Gasteiger partial charge in [0.25, 0.3) is 0 Å². The van der Waals surface area contributed by atoms with Crippen LogP contribution >= 0.6 is 11.8 Å². The summed E-state index contributed by atoms with van der Waals surface area (Å²) in [5.41, 5.74) is 8.89. The van der Waals surface area contributed by atoms with Gasteiger partial charge in [0.15, 0.2) is 5.16 Å². The van der Waals surface area contributed by atoms with E-state index in [1.54, 1.807) is 0 Å². The van der Waals surface area contributed by atoms with Gasteiger partial charge in [0.2, 0.25) is 0 Å². The quantitative estimate of drug-likeness (QED) is 0.508. The number of aryl methyl sites for hydroxylation is 1. The summed E-state index contributed by atoms with van der Waals surface area (Å²) >= 11 is 1.44. The molecule has 3 aromatic rings. The fraction of sp³-hybridized carbons (Fsp3) is 0.150. The Bertz CT molecular complexity index is 986.